The van der Waals surface area contributed by atoms with Crippen LogP contribution in [0.5, 0.6) is 0 Å². The van der Waals surface area contributed by atoms with Gasteiger partial charge in [0, 0.05) is 19.5 Å². The van der Waals surface area contributed by atoms with Crippen molar-refractivity contribution in [2.75, 3.05) is 0 Å². The Morgan fingerprint density at radius 3 is 1.78 bits per heavy atom. The Hall–Kier alpha value is 0.0934. The minimum atomic E-state index is -0.671. The molecule has 0 rings (SSSR count). The maximum Gasteiger partial charge on any atom is 0.306 e. The predicted octanol–water partition coefficient (Wildman–Crippen LogP) is 1.50. The first-order valence-corrected chi connectivity index (χ1v) is 2.95. The van der Waals surface area contributed by atoms with Gasteiger partial charge in [-0.25, -0.2) is 0 Å². The van der Waals surface area contributed by atoms with E-state index in [1.165, 1.54) is 0 Å². The number of hydrogen-bond donors (Lipinski definition) is 1. The molecule has 0 aromatic heterocycles. The van der Waals surface area contributed by atoms with Crippen LogP contribution in [-0.4, -0.2) is 11.1 Å². The fourth-order valence-corrected chi connectivity index (χ4v) is 0.638. The van der Waals surface area contributed by atoms with Gasteiger partial charge in [-0.15, -0.1) is 0 Å². The molecule has 2 nitrogen and oxygen atoms in total. The van der Waals surface area contributed by atoms with Gasteiger partial charge in [0.25, 0.3) is 0 Å². The zero-order valence-corrected chi connectivity index (χ0v) is 9.02. The Morgan fingerprint density at radius 2 is 1.78 bits per heavy atom. The van der Waals surface area contributed by atoms with Crippen molar-refractivity contribution in [1.29, 1.82) is 0 Å². The number of aliphatic carboxylic acids is 1. The van der Waals surface area contributed by atoms with E-state index in [9.17, 15) is 4.79 Å². The maximum atomic E-state index is 10.2. The maximum absolute atomic E-state index is 10.2. The van der Waals surface area contributed by atoms with Gasteiger partial charge in [-0.1, -0.05) is 13.8 Å². The number of rotatable bonds is 3. The summed E-state index contributed by atoms with van der Waals surface area (Å²) in [6, 6.07) is 0. The number of hydrogen-bond acceptors (Lipinski definition) is 1. The van der Waals surface area contributed by atoms with Gasteiger partial charge in [-0.05, 0) is 12.8 Å². The molecule has 0 aliphatic heterocycles. The van der Waals surface area contributed by atoms with Gasteiger partial charge >= 0.3 is 5.97 Å². The van der Waals surface area contributed by atoms with Crippen molar-refractivity contribution >= 4 is 5.97 Å². The van der Waals surface area contributed by atoms with Gasteiger partial charge in [-0.3, -0.25) is 4.79 Å². The van der Waals surface area contributed by atoms with Crippen molar-refractivity contribution in [3.63, 3.8) is 0 Å². The SMILES string of the molecule is CCC(CC)C(=O)O.[Zn]. The van der Waals surface area contributed by atoms with E-state index in [1.807, 2.05) is 13.8 Å². The zero-order chi connectivity index (χ0) is 6.57. The Balaban J connectivity index is 0. The third kappa shape index (κ3) is 4.59. The van der Waals surface area contributed by atoms with Crippen LogP contribution in [0, 0.1) is 5.92 Å². The topological polar surface area (TPSA) is 37.3 Å². The van der Waals surface area contributed by atoms with Crippen molar-refractivity contribution in [3.05, 3.63) is 0 Å². The van der Waals surface area contributed by atoms with Crippen molar-refractivity contribution in [2.24, 2.45) is 5.92 Å². The van der Waals surface area contributed by atoms with Gasteiger partial charge in [0.2, 0.25) is 0 Å². The molecule has 0 fully saturated rings. The van der Waals surface area contributed by atoms with E-state index in [4.69, 9.17) is 5.11 Å². The second-order valence-corrected chi connectivity index (χ2v) is 1.85. The van der Waals surface area contributed by atoms with Crippen LogP contribution in [0.25, 0.3) is 0 Å². The molecule has 0 aliphatic rings. The molecule has 0 spiro atoms. The number of carbonyl (C=O) groups is 1. The third-order valence-electron chi connectivity index (χ3n) is 1.33. The molecule has 0 aromatic rings. The molecule has 3 heteroatoms. The summed E-state index contributed by atoms with van der Waals surface area (Å²) in [6.07, 6.45) is 1.48. The minimum Gasteiger partial charge on any atom is -0.481 e. The monoisotopic (exact) mass is 180 g/mol. The summed E-state index contributed by atoms with van der Waals surface area (Å²) < 4.78 is 0. The third-order valence-corrected chi connectivity index (χ3v) is 1.33. The van der Waals surface area contributed by atoms with Gasteiger partial charge in [0.05, 0.1) is 5.92 Å². The van der Waals surface area contributed by atoms with Gasteiger partial charge < -0.3 is 5.11 Å². The molecule has 0 saturated carbocycles. The van der Waals surface area contributed by atoms with E-state index in [1.54, 1.807) is 0 Å². The predicted molar refractivity (Wildman–Crippen MR) is 31.7 cm³/mol. The van der Waals surface area contributed by atoms with E-state index in [0.29, 0.717) is 0 Å². The zero-order valence-electron chi connectivity index (χ0n) is 6.05. The van der Waals surface area contributed by atoms with Crippen molar-refractivity contribution < 1.29 is 29.4 Å². The first kappa shape index (κ1) is 11.8. The summed E-state index contributed by atoms with van der Waals surface area (Å²) >= 11 is 0. The number of carboxylic acids is 1. The van der Waals surface area contributed by atoms with Crippen LogP contribution in [0.4, 0.5) is 0 Å². The molecule has 9 heavy (non-hydrogen) atoms. The molecule has 0 amide bonds. The molecule has 0 atom stereocenters. The van der Waals surface area contributed by atoms with E-state index in [2.05, 4.69) is 0 Å². The van der Waals surface area contributed by atoms with Crippen molar-refractivity contribution in [1.82, 2.24) is 0 Å². The van der Waals surface area contributed by atoms with Crippen LogP contribution in [-0.2, 0) is 24.3 Å². The Kier molecular flexibility index (Phi) is 8.18. The second-order valence-electron chi connectivity index (χ2n) is 1.85. The summed E-state index contributed by atoms with van der Waals surface area (Å²) in [6.45, 7) is 3.78. The van der Waals surface area contributed by atoms with Crippen LogP contribution >= 0.6 is 0 Å². The summed E-state index contributed by atoms with van der Waals surface area (Å²) in [4.78, 5) is 10.2. The molecular formula is C6H12O2Zn. The largest absolute Gasteiger partial charge is 0.481 e. The van der Waals surface area contributed by atoms with Gasteiger partial charge in [-0.2, -0.15) is 0 Å². The van der Waals surface area contributed by atoms with Crippen LogP contribution in [0.3, 0.4) is 0 Å². The van der Waals surface area contributed by atoms with Crippen LogP contribution in [0.1, 0.15) is 26.7 Å². The summed E-state index contributed by atoms with van der Waals surface area (Å²) in [5.41, 5.74) is 0. The molecule has 0 radical (unpaired) electrons. The Labute approximate surface area is 68.4 Å². The minimum absolute atomic E-state index is 0. The van der Waals surface area contributed by atoms with E-state index >= 15 is 0 Å². The molecule has 50 valence electrons. The summed E-state index contributed by atoms with van der Waals surface area (Å²) in [7, 11) is 0. The van der Waals surface area contributed by atoms with Crippen molar-refractivity contribution in [3.8, 4) is 0 Å². The first-order chi connectivity index (χ1) is 3.72. The standard InChI is InChI=1S/C6H12O2.Zn/c1-3-5(4-2)6(7)8;/h5H,3-4H2,1-2H3,(H,7,8);. The molecule has 0 bridgehead atoms. The quantitative estimate of drug-likeness (QED) is 0.670. The summed E-state index contributed by atoms with van der Waals surface area (Å²) in [5.74, 6) is -0.801. The number of carboxylic acid groups (broad SMARTS) is 1. The Morgan fingerprint density at radius 1 is 1.44 bits per heavy atom. The average Bonchev–Trinajstić information content (AvgIpc) is 1.69. The van der Waals surface area contributed by atoms with Gasteiger partial charge in [0.15, 0.2) is 0 Å². The fraction of sp³-hybridized carbons (Fsp3) is 0.833. The van der Waals surface area contributed by atoms with Crippen LogP contribution in [0.15, 0.2) is 0 Å². The molecule has 0 unspecified atom stereocenters. The molecular weight excluding hydrogens is 169 g/mol. The van der Waals surface area contributed by atoms with E-state index in [0.717, 1.165) is 12.8 Å². The first-order valence-electron chi connectivity index (χ1n) is 2.95. The van der Waals surface area contributed by atoms with Crippen molar-refractivity contribution in [2.45, 2.75) is 26.7 Å². The van der Waals surface area contributed by atoms with Crippen LogP contribution in [0.2, 0.25) is 0 Å². The summed E-state index contributed by atoms with van der Waals surface area (Å²) in [5, 5.41) is 8.37. The Bertz CT molecular complexity index is 79.1. The normalized spacial score (nSPS) is 8.78. The molecule has 0 heterocycles. The van der Waals surface area contributed by atoms with Crippen LogP contribution < -0.4 is 0 Å². The molecule has 0 saturated heterocycles. The molecule has 1 N–H and O–H groups in total. The van der Waals surface area contributed by atoms with Gasteiger partial charge in [0.1, 0.15) is 0 Å². The average molecular weight is 182 g/mol. The smallest absolute Gasteiger partial charge is 0.306 e. The van der Waals surface area contributed by atoms with E-state index in [-0.39, 0.29) is 25.4 Å². The molecule has 0 aliphatic carbocycles. The second kappa shape index (κ2) is 6.22. The molecule has 0 aromatic carbocycles. The fourth-order valence-electron chi connectivity index (χ4n) is 0.638. The van der Waals surface area contributed by atoms with E-state index < -0.39 is 5.97 Å².